The lowest BCUT2D eigenvalue weighted by Crippen LogP contribution is -2.38. The maximum absolute atomic E-state index is 12.3. The highest BCUT2D eigenvalue weighted by molar-refractivity contribution is 6.30. The zero-order valence-electron chi connectivity index (χ0n) is 11.8. The second-order valence-corrected chi connectivity index (χ2v) is 5.14. The molecule has 3 aromatic rings. The number of hydrogen-bond donors (Lipinski definition) is 0. The van der Waals surface area contributed by atoms with Crippen LogP contribution < -0.4 is 9.79 Å². The summed E-state index contributed by atoms with van der Waals surface area (Å²) in [6.07, 6.45) is 2.90. The molecule has 1 heterocycles. The number of ketones is 1. The normalized spacial score (nSPS) is 11.0. The lowest BCUT2D eigenvalue weighted by atomic mass is 10.1. The van der Waals surface area contributed by atoms with Gasteiger partial charge in [0.1, 0.15) is 0 Å². The van der Waals surface area contributed by atoms with Crippen molar-refractivity contribution in [2.45, 2.75) is 0 Å². The van der Waals surface area contributed by atoms with Gasteiger partial charge in [-0.15, -0.1) is 0 Å². The fraction of sp³-hybridized carbons (Fsp3) is 0. The van der Waals surface area contributed by atoms with E-state index in [2.05, 4.69) is 9.79 Å². The third-order valence-electron chi connectivity index (χ3n) is 3.14. The first-order chi connectivity index (χ1) is 11.1. The van der Waals surface area contributed by atoms with Crippen LogP contribution >= 0.6 is 11.6 Å². The van der Waals surface area contributed by atoms with Gasteiger partial charge in [0.2, 0.25) is 5.69 Å². The number of benzene rings is 2. The second-order valence-electron chi connectivity index (χ2n) is 4.71. The van der Waals surface area contributed by atoms with Crippen LogP contribution in [0.4, 0.5) is 0 Å². The minimum Gasteiger partial charge on any atom is -0.539 e. The summed E-state index contributed by atoms with van der Waals surface area (Å²) in [6.45, 7) is 0. The van der Waals surface area contributed by atoms with Gasteiger partial charge in [0, 0.05) is 17.2 Å². The number of nitrogens with zero attached hydrogens (tertiary/aromatic N) is 2. The Morgan fingerprint density at radius 3 is 2.52 bits per heavy atom. The average molecular weight is 327 g/mol. The van der Waals surface area contributed by atoms with Crippen molar-refractivity contribution in [3.63, 3.8) is 0 Å². The van der Waals surface area contributed by atoms with Crippen LogP contribution in [0.5, 0.6) is 5.95 Å². The summed E-state index contributed by atoms with van der Waals surface area (Å²) < 4.78 is 5.82. The molecule has 5 nitrogen and oxygen atoms in total. The summed E-state index contributed by atoms with van der Waals surface area (Å²) >= 11 is 5.81. The number of hydrogen-bond acceptors (Lipinski definition) is 4. The molecule has 3 rings (SSSR count). The summed E-state index contributed by atoms with van der Waals surface area (Å²) in [5.41, 5.74) is 1.21. The molecule has 0 saturated carbocycles. The van der Waals surface area contributed by atoms with Crippen molar-refractivity contribution in [1.82, 2.24) is 5.27 Å². The largest absolute Gasteiger partial charge is 0.539 e. The van der Waals surface area contributed by atoms with Gasteiger partial charge >= 0.3 is 5.69 Å². The van der Waals surface area contributed by atoms with Crippen LogP contribution in [0.15, 0.2) is 65.2 Å². The van der Waals surface area contributed by atoms with Crippen molar-refractivity contribution in [3.05, 3.63) is 77.0 Å². The molecule has 0 radical (unpaired) electrons. The van der Waals surface area contributed by atoms with E-state index < -0.39 is 11.7 Å². The highest BCUT2D eigenvalue weighted by atomic mass is 35.5. The molecule has 0 saturated heterocycles. The van der Waals surface area contributed by atoms with E-state index in [4.69, 9.17) is 11.6 Å². The molecule has 1 aromatic heterocycles. The van der Waals surface area contributed by atoms with Crippen molar-refractivity contribution >= 4 is 23.5 Å². The maximum atomic E-state index is 12.3. The molecule has 0 spiro atoms. The molecule has 0 aliphatic carbocycles. The lowest BCUT2D eigenvalue weighted by Gasteiger charge is -1.95. The molecule has 0 aliphatic rings. The van der Waals surface area contributed by atoms with Gasteiger partial charge in [-0.25, -0.2) is 0 Å². The van der Waals surface area contributed by atoms with Gasteiger partial charge in [-0.3, -0.25) is 4.79 Å². The maximum Gasteiger partial charge on any atom is 0.310 e. The summed E-state index contributed by atoms with van der Waals surface area (Å²) in [7, 11) is 0. The highest BCUT2D eigenvalue weighted by Crippen LogP contribution is 2.14. The molecule has 2 aromatic carbocycles. The Kier molecular flexibility index (Phi) is 4.21. The van der Waals surface area contributed by atoms with Crippen LogP contribution in [-0.2, 0) is 0 Å². The van der Waals surface area contributed by atoms with Crippen molar-refractivity contribution < 1.29 is 19.1 Å². The molecular weight excluding hydrogens is 316 g/mol. The van der Waals surface area contributed by atoms with Crippen LogP contribution in [0.2, 0.25) is 5.02 Å². The molecule has 0 atom stereocenters. The predicted molar refractivity (Wildman–Crippen MR) is 82.3 cm³/mol. The van der Waals surface area contributed by atoms with E-state index in [-0.39, 0.29) is 5.69 Å². The smallest absolute Gasteiger partial charge is 0.310 e. The Morgan fingerprint density at radius 2 is 1.83 bits per heavy atom. The van der Waals surface area contributed by atoms with Gasteiger partial charge in [-0.1, -0.05) is 48.0 Å². The molecule has 23 heavy (non-hydrogen) atoms. The molecule has 0 N–H and O–H groups in total. The van der Waals surface area contributed by atoms with Crippen molar-refractivity contribution in [3.8, 4) is 11.6 Å². The third kappa shape index (κ3) is 3.30. The summed E-state index contributed by atoms with van der Waals surface area (Å²) in [6, 6.07) is 15.8. The number of allylic oxidation sites excluding steroid dienone is 1. The van der Waals surface area contributed by atoms with Crippen LogP contribution in [0, 0.1) is 0 Å². The molecule has 0 amide bonds. The fourth-order valence-corrected chi connectivity index (χ4v) is 2.15. The molecule has 0 aliphatic heterocycles. The minimum absolute atomic E-state index is 0.151. The third-order valence-corrected chi connectivity index (χ3v) is 3.39. The lowest BCUT2D eigenvalue weighted by molar-refractivity contribution is -0.672. The van der Waals surface area contributed by atoms with Crippen LogP contribution in [-0.4, -0.2) is 11.1 Å². The topological polar surface area (TPSA) is 70.0 Å². The number of aromatic nitrogens is 2. The highest BCUT2D eigenvalue weighted by Gasteiger charge is 2.25. The zero-order chi connectivity index (χ0) is 16.2. The van der Waals surface area contributed by atoms with E-state index >= 15 is 0 Å². The SMILES string of the molecule is O=C(/C=C/c1ccc(Cl)cc1)c1c([O-])on[n+]1-c1ccccc1. The van der Waals surface area contributed by atoms with Crippen molar-refractivity contribution in [2.75, 3.05) is 0 Å². The van der Waals surface area contributed by atoms with Gasteiger partial charge in [0.25, 0.3) is 5.78 Å². The number of carbonyl (C=O) groups excluding carboxylic acids is 1. The first-order valence-electron chi connectivity index (χ1n) is 6.77. The van der Waals surface area contributed by atoms with E-state index in [1.807, 2.05) is 6.07 Å². The van der Waals surface area contributed by atoms with E-state index in [9.17, 15) is 9.90 Å². The first-order valence-corrected chi connectivity index (χ1v) is 7.15. The molecule has 0 unspecified atom stereocenters. The number of para-hydroxylation sites is 1. The molecule has 6 heteroatoms. The summed E-state index contributed by atoms with van der Waals surface area (Å²) in [5, 5.41) is 16.0. The quantitative estimate of drug-likeness (QED) is 0.420. The minimum atomic E-state index is -0.778. The van der Waals surface area contributed by atoms with Crippen molar-refractivity contribution in [2.24, 2.45) is 0 Å². The number of halogens is 1. The average Bonchev–Trinajstić information content (AvgIpc) is 2.96. The van der Waals surface area contributed by atoms with E-state index in [1.165, 1.54) is 10.8 Å². The van der Waals surface area contributed by atoms with Gasteiger partial charge in [-0.05, 0) is 28.5 Å². The zero-order valence-corrected chi connectivity index (χ0v) is 12.6. The van der Waals surface area contributed by atoms with E-state index in [0.29, 0.717) is 10.7 Å². The van der Waals surface area contributed by atoms with Gasteiger partial charge < -0.3 is 9.63 Å². The second kappa shape index (κ2) is 6.46. The van der Waals surface area contributed by atoms with Crippen molar-refractivity contribution in [1.29, 1.82) is 0 Å². The van der Waals surface area contributed by atoms with Gasteiger partial charge in [0.15, 0.2) is 5.95 Å². The van der Waals surface area contributed by atoms with E-state index in [0.717, 1.165) is 5.56 Å². The van der Waals surface area contributed by atoms with Crippen LogP contribution in [0.3, 0.4) is 0 Å². The number of carbonyl (C=O) groups is 1. The predicted octanol–water partition coefficient (Wildman–Crippen LogP) is 2.57. The Bertz CT molecular complexity index is 855. The Balaban J connectivity index is 1.91. The Morgan fingerprint density at radius 1 is 1.13 bits per heavy atom. The van der Waals surface area contributed by atoms with Gasteiger partial charge in [-0.2, -0.15) is 0 Å². The molecule has 114 valence electrons. The van der Waals surface area contributed by atoms with Gasteiger partial charge in [0.05, 0.1) is 5.27 Å². The number of rotatable bonds is 4. The standard InChI is InChI=1S/C17H11ClN2O3/c18-13-9-6-12(7-10-13)8-11-15(21)16-17(22)23-19-20(16)14-4-2-1-3-5-14/h1-11H/b11-8+. The van der Waals surface area contributed by atoms with E-state index in [1.54, 1.807) is 54.6 Å². The molecular formula is C17H11ClN2O3. The first kappa shape index (κ1) is 15.0. The monoisotopic (exact) mass is 326 g/mol. The molecule has 0 bridgehead atoms. The fourth-order valence-electron chi connectivity index (χ4n) is 2.02. The summed E-state index contributed by atoms with van der Waals surface area (Å²) in [4.78, 5) is 12.3. The van der Waals surface area contributed by atoms with Crippen LogP contribution in [0.25, 0.3) is 11.8 Å². The summed E-state index contributed by atoms with van der Waals surface area (Å²) in [5.74, 6) is -1.27. The Hall–Kier alpha value is -2.92. The molecule has 0 fully saturated rings. The van der Waals surface area contributed by atoms with Crippen LogP contribution in [0.1, 0.15) is 16.1 Å². The Labute approximate surface area is 137 Å².